The third-order valence-corrected chi connectivity index (χ3v) is 6.81. The highest BCUT2D eigenvalue weighted by atomic mass is 32.2. The molecule has 1 saturated heterocycles. The molecule has 26 heavy (non-hydrogen) atoms. The van der Waals surface area contributed by atoms with Crippen LogP contribution in [0.3, 0.4) is 0 Å². The topological polar surface area (TPSA) is 33.2 Å². The van der Waals surface area contributed by atoms with Crippen molar-refractivity contribution < 1.29 is 9.18 Å². The zero-order valence-electron chi connectivity index (χ0n) is 14.2. The lowest BCUT2D eigenvalue weighted by Crippen LogP contribution is -2.40. The largest absolute Gasteiger partial charge is 0.341 e. The molecule has 0 aliphatic carbocycles. The van der Waals surface area contributed by atoms with Crippen LogP contribution in [0.4, 0.5) is 4.39 Å². The molecule has 3 aromatic rings. The average Bonchev–Trinajstić information content (AvgIpc) is 3.12. The molecule has 1 amide bonds. The summed E-state index contributed by atoms with van der Waals surface area (Å²) in [4.78, 5) is 20.2. The predicted octanol–water partition coefficient (Wildman–Crippen LogP) is 4.93. The summed E-state index contributed by atoms with van der Waals surface area (Å²) in [6.45, 7) is 1.55. The van der Waals surface area contributed by atoms with E-state index < -0.39 is 0 Å². The summed E-state index contributed by atoms with van der Waals surface area (Å²) in [5.41, 5.74) is 1.04. The molecular weight excluding hydrogens is 367 g/mol. The van der Waals surface area contributed by atoms with Crippen LogP contribution < -0.4 is 0 Å². The van der Waals surface area contributed by atoms with Gasteiger partial charge in [-0.15, -0.1) is 23.1 Å². The van der Waals surface area contributed by atoms with E-state index in [1.165, 1.54) is 28.6 Å². The first-order valence-electron chi connectivity index (χ1n) is 8.70. The Labute approximate surface area is 160 Å². The van der Waals surface area contributed by atoms with Crippen LogP contribution in [0.25, 0.3) is 10.2 Å². The van der Waals surface area contributed by atoms with E-state index >= 15 is 0 Å². The zero-order valence-corrected chi connectivity index (χ0v) is 15.9. The monoisotopic (exact) mass is 386 g/mol. The number of para-hydroxylation sites is 1. The first-order chi connectivity index (χ1) is 12.7. The quantitative estimate of drug-likeness (QED) is 0.596. The highest BCUT2D eigenvalue weighted by Gasteiger charge is 2.26. The molecule has 0 saturated carbocycles. The molecule has 4 rings (SSSR count). The smallest absolute Gasteiger partial charge is 0.232 e. The molecule has 0 radical (unpaired) electrons. The van der Waals surface area contributed by atoms with Crippen molar-refractivity contribution in [1.82, 2.24) is 9.88 Å². The number of thioether (sulfide) groups is 1. The summed E-state index contributed by atoms with van der Waals surface area (Å²) in [5, 5.41) is 1.13. The number of carbonyl (C=O) groups excluding carboxylic acids is 1. The molecule has 134 valence electrons. The maximum atomic E-state index is 13.0. The zero-order chi connectivity index (χ0) is 17.9. The van der Waals surface area contributed by atoms with Gasteiger partial charge in [-0.3, -0.25) is 4.79 Å². The maximum Gasteiger partial charge on any atom is 0.232 e. The maximum absolute atomic E-state index is 13.0. The first kappa shape index (κ1) is 17.5. The van der Waals surface area contributed by atoms with Crippen molar-refractivity contribution in [1.29, 1.82) is 0 Å². The molecule has 1 aliphatic heterocycles. The van der Waals surface area contributed by atoms with Crippen LogP contribution in [-0.4, -0.2) is 34.6 Å². The van der Waals surface area contributed by atoms with Gasteiger partial charge < -0.3 is 4.90 Å². The molecule has 2 aromatic carbocycles. The van der Waals surface area contributed by atoms with Crippen LogP contribution >= 0.6 is 23.1 Å². The average molecular weight is 387 g/mol. The first-order valence-corrected chi connectivity index (χ1v) is 10.5. The molecule has 0 N–H and O–H groups in total. The van der Waals surface area contributed by atoms with Crippen molar-refractivity contribution in [3.63, 3.8) is 0 Å². The molecular formula is C20H19FN2OS2. The molecule has 6 heteroatoms. The Balaban J connectivity index is 1.39. The Hall–Kier alpha value is -1.92. The summed E-state index contributed by atoms with van der Waals surface area (Å²) >= 11 is 3.20. The number of carbonyl (C=O) groups is 1. The second-order valence-electron chi connectivity index (χ2n) is 6.44. The van der Waals surface area contributed by atoms with E-state index in [1.54, 1.807) is 23.5 Å². The number of piperidine rings is 1. The predicted molar refractivity (Wildman–Crippen MR) is 105 cm³/mol. The molecule has 1 aliphatic rings. The summed E-state index contributed by atoms with van der Waals surface area (Å²) in [7, 11) is 0. The van der Waals surface area contributed by atoms with Crippen LogP contribution in [0.1, 0.15) is 23.8 Å². The molecule has 1 fully saturated rings. The van der Waals surface area contributed by atoms with E-state index in [-0.39, 0.29) is 11.7 Å². The SMILES string of the molecule is O=C(CSc1ccc(F)cc1)N1CCC[C@@H](c2nc3ccccc3s2)C1. The van der Waals surface area contributed by atoms with Crippen molar-refractivity contribution in [3.8, 4) is 0 Å². The van der Waals surface area contributed by atoms with Crippen molar-refractivity contribution in [2.24, 2.45) is 0 Å². The lowest BCUT2D eigenvalue weighted by Gasteiger charge is -2.31. The third kappa shape index (κ3) is 3.91. The van der Waals surface area contributed by atoms with Gasteiger partial charge in [-0.25, -0.2) is 9.37 Å². The molecule has 1 aromatic heterocycles. The van der Waals surface area contributed by atoms with Crippen LogP contribution in [0.5, 0.6) is 0 Å². The highest BCUT2D eigenvalue weighted by Crippen LogP contribution is 2.33. The van der Waals surface area contributed by atoms with Crippen molar-refractivity contribution in [2.75, 3.05) is 18.8 Å². The van der Waals surface area contributed by atoms with E-state index in [9.17, 15) is 9.18 Å². The Bertz CT molecular complexity index is 877. The van der Waals surface area contributed by atoms with Gasteiger partial charge in [0.05, 0.1) is 21.0 Å². The van der Waals surface area contributed by atoms with Gasteiger partial charge in [0.15, 0.2) is 0 Å². The minimum absolute atomic E-state index is 0.144. The number of hydrogen-bond acceptors (Lipinski definition) is 4. The van der Waals surface area contributed by atoms with Crippen molar-refractivity contribution >= 4 is 39.2 Å². The molecule has 3 nitrogen and oxygen atoms in total. The second-order valence-corrected chi connectivity index (χ2v) is 8.55. The molecule has 0 unspecified atom stereocenters. The van der Waals surface area contributed by atoms with Gasteiger partial charge in [0, 0.05) is 23.9 Å². The number of halogens is 1. The van der Waals surface area contributed by atoms with Gasteiger partial charge in [0.1, 0.15) is 5.82 Å². The Morgan fingerprint density at radius 3 is 2.85 bits per heavy atom. The van der Waals surface area contributed by atoms with Crippen LogP contribution in [0.2, 0.25) is 0 Å². The number of rotatable bonds is 4. The fraction of sp³-hybridized carbons (Fsp3) is 0.300. The van der Waals surface area contributed by atoms with Gasteiger partial charge in [0.2, 0.25) is 5.91 Å². The van der Waals surface area contributed by atoms with E-state index in [4.69, 9.17) is 4.98 Å². The van der Waals surface area contributed by atoms with E-state index in [0.29, 0.717) is 11.7 Å². The Kier molecular flexibility index (Phi) is 5.22. The number of nitrogens with zero attached hydrogens (tertiary/aromatic N) is 2. The Morgan fingerprint density at radius 1 is 1.23 bits per heavy atom. The Morgan fingerprint density at radius 2 is 2.04 bits per heavy atom. The van der Waals surface area contributed by atoms with Gasteiger partial charge in [-0.05, 0) is 49.2 Å². The summed E-state index contributed by atoms with van der Waals surface area (Å²) in [6, 6.07) is 14.5. The lowest BCUT2D eigenvalue weighted by molar-refractivity contribution is -0.129. The second kappa shape index (κ2) is 7.76. The van der Waals surface area contributed by atoms with E-state index in [2.05, 4.69) is 6.07 Å². The molecule has 0 spiro atoms. The van der Waals surface area contributed by atoms with E-state index in [1.807, 2.05) is 23.1 Å². The number of fused-ring (bicyclic) bond motifs is 1. The fourth-order valence-electron chi connectivity index (χ4n) is 3.24. The lowest BCUT2D eigenvalue weighted by atomic mass is 9.99. The van der Waals surface area contributed by atoms with E-state index in [0.717, 1.165) is 41.4 Å². The van der Waals surface area contributed by atoms with Crippen LogP contribution in [0.15, 0.2) is 53.4 Å². The number of aromatic nitrogens is 1. The number of thiazole rings is 1. The summed E-state index contributed by atoms with van der Waals surface area (Å²) in [6.07, 6.45) is 2.09. The van der Waals surface area contributed by atoms with Gasteiger partial charge >= 0.3 is 0 Å². The van der Waals surface area contributed by atoms with Crippen LogP contribution in [0, 0.1) is 5.82 Å². The summed E-state index contributed by atoms with van der Waals surface area (Å²) in [5.74, 6) is 0.597. The van der Waals surface area contributed by atoms with Crippen molar-refractivity contribution in [2.45, 2.75) is 23.7 Å². The normalized spacial score (nSPS) is 17.6. The summed E-state index contributed by atoms with van der Waals surface area (Å²) < 4.78 is 14.2. The minimum atomic E-state index is -0.254. The standard InChI is InChI=1S/C20H19FN2OS2/c21-15-7-9-16(10-8-15)25-13-19(24)23-11-3-4-14(12-23)20-22-17-5-1-2-6-18(17)26-20/h1-2,5-10,14H,3-4,11-13H2/t14-/m1/s1. The minimum Gasteiger partial charge on any atom is -0.341 e. The van der Waals surface area contributed by atoms with Gasteiger partial charge in [-0.1, -0.05) is 12.1 Å². The third-order valence-electron chi connectivity index (χ3n) is 4.61. The number of likely N-dealkylation sites (tertiary alicyclic amines) is 1. The highest BCUT2D eigenvalue weighted by molar-refractivity contribution is 8.00. The van der Waals surface area contributed by atoms with Gasteiger partial charge in [0.25, 0.3) is 0 Å². The van der Waals surface area contributed by atoms with Crippen LogP contribution in [-0.2, 0) is 4.79 Å². The van der Waals surface area contributed by atoms with Crippen molar-refractivity contribution in [3.05, 3.63) is 59.4 Å². The molecule has 2 heterocycles. The van der Waals surface area contributed by atoms with Gasteiger partial charge in [-0.2, -0.15) is 0 Å². The molecule has 1 atom stereocenters. The fourth-order valence-corrected chi connectivity index (χ4v) is 5.13. The number of hydrogen-bond donors (Lipinski definition) is 0. The number of benzene rings is 2. The number of amides is 1. The molecule has 0 bridgehead atoms.